The minimum Gasteiger partial charge on any atom is -0.741 e. The molecule has 8 nitrogen and oxygen atoms in total. The van der Waals surface area contributed by atoms with Crippen LogP contribution in [-0.2, 0) is 20.2 Å². The molecule has 1 unspecified atom stereocenters. The van der Waals surface area contributed by atoms with E-state index < -0.39 is 31.3 Å². The highest BCUT2D eigenvalue weighted by atomic mass is 32.2. The molecule has 0 spiro atoms. The van der Waals surface area contributed by atoms with Gasteiger partial charge in [-0.2, -0.15) is 26.3 Å². The first-order valence-corrected chi connectivity index (χ1v) is 10.1. The fraction of sp³-hybridized carbons (Fsp3) is 1.00. The third-order valence-corrected chi connectivity index (χ3v) is 5.77. The molecule has 3 aliphatic heterocycles. The van der Waals surface area contributed by atoms with Crippen molar-refractivity contribution in [2.75, 3.05) is 46.8 Å². The van der Waals surface area contributed by atoms with Crippen LogP contribution < -0.4 is 0 Å². The topological polar surface area (TPSA) is 114 Å². The molecule has 0 saturated carbocycles. The summed E-state index contributed by atoms with van der Waals surface area (Å²) in [6, 6.07) is 0.891. The second-order valence-electron chi connectivity index (χ2n) is 6.82. The van der Waals surface area contributed by atoms with Crippen molar-refractivity contribution in [1.82, 2.24) is 0 Å². The zero-order valence-electron chi connectivity index (χ0n) is 14.5. The number of likely N-dealkylation sites (N-methyl/N-ethyl adjacent to an activating group) is 2. The van der Waals surface area contributed by atoms with Crippen molar-refractivity contribution in [1.29, 1.82) is 0 Å². The van der Waals surface area contributed by atoms with Gasteiger partial charge in [-0.05, 0) is 6.92 Å². The van der Waals surface area contributed by atoms with Crippen molar-refractivity contribution < 1.29 is 61.2 Å². The Bertz CT molecular complexity index is 669. The lowest BCUT2D eigenvalue weighted by Crippen LogP contribution is -2.75. The first-order valence-electron chi connectivity index (χ1n) is 7.26. The number of hydrogen-bond donors (Lipinski definition) is 0. The SMILES string of the molecule is CC1C[N+]2(C)CC[N+]1(C)CC2.O=S(=O)([O-])C(F)(F)F.O=S(=O)([O-])C(F)(F)F. The molecule has 3 heterocycles. The zero-order valence-corrected chi connectivity index (χ0v) is 16.2. The summed E-state index contributed by atoms with van der Waals surface area (Å²) in [5.74, 6) is 0. The molecular weight excluding hydrogens is 434 g/mol. The maximum Gasteiger partial charge on any atom is 0.485 e. The van der Waals surface area contributed by atoms with Gasteiger partial charge in [-0.15, -0.1) is 0 Å². The van der Waals surface area contributed by atoms with Crippen molar-refractivity contribution in [2.45, 2.75) is 24.0 Å². The van der Waals surface area contributed by atoms with Crippen LogP contribution >= 0.6 is 0 Å². The molecule has 3 aliphatic rings. The number of rotatable bonds is 0. The maximum atomic E-state index is 10.7. The van der Waals surface area contributed by atoms with Crippen LogP contribution in [-0.4, -0.2) is 98.8 Å². The average molecular weight is 454 g/mol. The smallest absolute Gasteiger partial charge is 0.485 e. The highest BCUT2D eigenvalue weighted by molar-refractivity contribution is 7.86. The second kappa shape index (κ2) is 7.98. The van der Waals surface area contributed by atoms with Gasteiger partial charge in [-0.25, -0.2) is 16.8 Å². The predicted molar refractivity (Wildman–Crippen MR) is 77.7 cm³/mol. The number of alkyl halides is 6. The Morgan fingerprint density at radius 2 is 1.04 bits per heavy atom. The van der Waals surface area contributed by atoms with E-state index in [2.05, 4.69) is 21.0 Å². The molecule has 0 amide bonds. The first-order chi connectivity index (χ1) is 11.5. The molecule has 2 bridgehead atoms. The summed E-state index contributed by atoms with van der Waals surface area (Å²) >= 11 is 0. The Morgan fingerprint density at radius 1 is 0.778 bits per heavy atom. The Kier molecular flexibility index (Phi) is 7.78. The molecule has 3 rings (SSSR count). The standard InChI is InChI=1S/C9H20N2.2CHF3O3S/c1-9-8-10(2)4-6-11(9,3)7-5-10;2*2-1(3,4)8(5,6)7/h9H,4-8H2,1-3H3;2*(H,5,6,7)/q+2;;/p-2. The van der Waals surface area contributed by atoms with Crippen LogP contribution in [0, 0.1) is 0 Å². The van der Waals surface area contributed by atoms with E-state index in [4.69, 9.17) is 25.9 Å². The molecule has 0 N–H and O–H groups in total. The minimum absolute atomic E-state index is 0.891. The number of hydrogen-bond acceptors (Lipinski definition) is 6. The summed E-state index contributed by atoms with van der Waals surface area (Å²) in [4.78, 5) is 0. The molecule has 0 radical (unpaired) electrons. The Balaban J connectivity index is 0.000000387. The van der Waals surface area contributed by atoms with E-state index in [1.54, 1.807) is 0 Å². The van der Waals surface area contributed by atoms with Gasteiger partial charge in [0.1, 0.15) is 38.8 Å². The molecule has 164 valence electrons. The van der Waals surface area contributed by atoms with Crippen LogP contribution in [0.1, 0.15) is 6.92 Å². The van der Waals surface area contributed by atoms with Crippen LogP contribution in [0.25, 0.3) is 0 Å². The number of nitrogens with zero attached hydrogens (tertiary/aromatic N) is 2. The molecule has 1 atom stereocenters. The fourth-order valence-corrected chi connectivity index (χ4v) is 2.62. The van der Waals surface area contributed by atoms with Gasteiger partial charge >= 0.3 is 11.0 Å². The summed E-state index contributed by atoms with van der Waals surface area (Å²) in [6.07, 6.45) is 0. The maximum absolute atomic E-state index is 10.7. The summed E-state index contributed by atoms with van der Waals surface area (Å²) < 4.78 is 120. The Hall–Kier alpha value is -0.680. The Labute approximate surface area is 153 Å². The first kappa shape index (κ1) is 26.3. The second-order valence-corrected chi connectivity index (χ2v) is 9.57. The number of piperazine rings is 3. The van der Waals surface area contributed by atoms with E-state index in [0.717, 1.165) is 6.04 Å². The molecule has 0 aromatic carbocycles. The quantitative estimate of drug-likeness (QED) is 0.227. The van der Waals surface area contributed by atoms with Gasteiger partial charge in [-0.3, -0.25) is 0 Å². The molecule has 3 saturated heterocycles. The lowest BCUT2D eigenvalue weighted by atomic mass is 10.0. The van der Waals surface area contributed by atoms with Crippen molar-refractivity contribution in [3.63, 3.8) is 0 Å². The molecule has 0 aromatic rings. The molecule has 16 heteroatoms. The number of fused-ring (bicyclic) bond motifs is 3. The molecule has 27 heavy (non-hydrogen) atoms. The monoisotopic (exact) mass is 454 g/mol. The van der Waals surface area contributed by atoms with Crippen LogP contribution in [0.2, 0.25) is 0 Å². The van der Waals surface area contributed by atoms with E-state index in [0.29, 0.717) is 0 Å². The Morgan fingerprint density at radius 3 is 1.19 bits per heavy atom. The molecule has 3 fully saturated rings. The van der Waals surface area contributed by atoms with Gasteiger partial charge < -0.3 is 18.1 Å². The summed E-state index contributed by atoms with van der Waals surface area (Å²) in [5.41, 5.74) is -11.3. The summed E-state index contributed by atoms with van der Waals surface area (Å²) in [7, 11) is -7.34. The van der Waals surface area contributed by atoms with E-state index in [-0.39, 0.29) is 0 Å². The van der Waals surface area contributed by atoms with Gasteiger partial charge in [0.25, 0.3) is 0 Å². The van der Waals surface area contributed by atoms with Gasteiger partial charge in [0.2, 0.25) is 0 Å². The lowest BCUT2D eigenvalue weighted by Gasteiger charge is -2.55. The average Bonchev–Trinajstić information content (AvgIpc) is 2.38. The van der Waals surface area contributed by atoms with Crippen molar-refractivity contribution in [2.24, 2.45) is 0 Å². The third kappa shape index (κ3) is 7.69. The normalized spacial score (nSPS) is 31.3. The molecular formula is C11H20F6N2O6S2. The van der Waals surface area contributed by atoms with Gasteiger partial charge in [0, 0.05) is 0 Å². The largest absolute Gasteiger partial charge is 0.741 e. The molecule has 0 aliphatic carbocycles. The van der Waals surface area contributed by atoms with E-state index in [1.807, 2.05) is 0 Å². The van der Waals surface area contributed by atoms with Crippen LogP contribution in [0.4, 0.5) is 26.3 Å². The number of halogens is 6. The fourth-order valence-electron chi connectivity index (χ4n) is 2.62. The van der Waals surface area contributed by atoms with Gasteiger partial charge in [-0.1, -0.05) is 0 Å². The molecule has 0 aromatic heterocycles. The van der Waals surface area contributed by atoms with Crippen LogP contribution in [0.15, 0.2) is 0 Å². The summed E-state index contributed by atoms with van der Waals surface area (Å²) in [6.45, 7) is 9.42. The zero-order chi connectivity index (χ0) is 22.1. The van der Waals surface area contributed by atoms with Crippen molar-refractivity contribution >= 4 is 20.2 Å². The minimum atomic E-state index is -6.09. The predicted octanol–water partition coefficient (Wildman–Crippen LogP) is 0.398. The number of quaternary nitrogens is 2. The lowest BCUT2D eigenvalue weighted by molar-refractivity contribution is -1.08. The van der Waals surface area contributed by atoms with E-state index in [1.165, 1.54) is 41.7 Å². The van der Waals surface area contributed by atoms with Crippen molar-refractivity contribution in [3.8, 4) is 0 Å². The van der Waals surface area contributed by atoms with Crippen LogP contribution in [0.5, 0.6) is 0 Å². The summed E-state index contributed by atoms with van der Waals surface area (Å²) in [5, 5.41) is 0. The highest BCUT2D eigenvalue weighted by Crippen LogP contribution is 2.27. The van der Waals surface area contributed by atoms with Gasteiger partial charge in [0.15, 0.2) is 20.2 Å². The highest BCUT2D eigenvalue weighted by Gasteiger charge is 2.48. The van der Waals surface area contributed by atoms with E-state index in [9.17, 15) is 26.3 Å². The van der Waals surface area contributed by atoms with Crippen LogP contribution in [0.3, 0.4) is 0 Å². The van der Waals surface area contributed by atoms with Crippen molar-refractivity contribution in [3.05, 3.63) is 0 Å². The van der Waals surface area contributed by atoms with E-state index >= 15 is 0 Å². The third-order valence-electron chi connectivity index (χ3n) is 4.64. The van der Waals surface area contributed by atoms with Gasteiger partial charge in [0.05, 0.1) is 14.1 Å².